The lowest BCUT2D eigenvalue weighted by Crippen LogP contribution is -2.26. The fraction of sp³-hybridized carbons (Fsp3) is 0.500. The van der Waals surface area contributed by atoms with Crippen LogP contribution in [0.15, 0.2) is 22.6 Å². The van der Waals surface area contributed by atoms with Crippen LogP contribution in [0, 0.1) is 0 Å². The lowest BCUT2D eigenvalue weighted by atomic mass is 9.97. The zero-order valence-electron chi connectivity index (χ0n) is 14.4. The minimum Gasteiger partial charge on any atom is -0.423 e. The van der Waals surface area contributed by atoms with Gasteiger partial charge in [0.05, 0.1) is 6.54 Å². The predicted octanol–water partition coefficient (Wildman–Crippen LogP) is 3.18. The number of halogens is 1. The number of carbonyl (C=O) groups excluding carboxylic acids is 1. The minimum absolute atomic E-state index is 0.117. The van der Waals surface area contributed by atoms with Gasteiger partial charge in [-0.2, -0.15) is 0 Å². The van der Waals surface area contributed by atoms with E-state index < -0.39 is 0 Å². The van der Waals surface area contributed by atoms with Gasteiger partial charge < -0.3 is 14.2 Å². The van der Waals surface area contributed by atoms with Crippen molar-refractivity contribution in [1.82, 2.24) is 15.1 Å². The Kier molecular flexibility index (Phi) is 4.15. The molecule has 1 aliphatic carbocycles. The molecule has 0 spiro atoms. The van der Waals surface area contributed by atoms with Crippen LogP contribution >= 0.6 is 11.6 Å². The molecule has 1 fully saturated rings. The van der Waals surface area contributed by atoms with Crippen LogP contribution in [0.3, 0.4) is 0 Å². The number of benzene rings is 1. The van der Waals surface area contributed by atoms with Crippen LogP contribution < -0.4 is 4.90 Å². The van der Waals surface area contributed by atoms with E-state index in [2.05, 4.69) is 15.1 Å². The van der Waals surface area contributed by atoms with Gasteiger partial charge in [0, 0.05) is 49.6 Å². The summed E-state index contributed by atoms with van der Waals surface area (Å²) in [6.45, 7) is 1.30. The van der Waals surface area contributed by atoms with E-state index in [1.165, 1.54) is 0 Å². The molecule has 25 heavy (non-hydrogen) atoms. The number of fused-ring (bicyclic) bond motifs is 1. The summed E-state index contributed by atoms with van der Waals surface area (Å²) in [5.74, 6) is 2.07. The molecule has 0 radical (unpaired) electrons. The Morgan fingerprint density at radius 3 is 2.88 bits per heavy atom. The van der Waals surface area contributed by atoms with Gasteiger partial charge in [-0.3, -0.25) is 4.79 Å². The third-order valence-electron chi connectivity index (χ3n) is 4.87. The molecule has 1 aliphatic heterocycles. The monoisotopic (exact) mass is 360 g/mol. The maximum atomic E-state index is 12.2. The van der Waals surface area contributed by atoms with Crippen molar-refractivity contribution >= 4 is 23.2 Å². The Hall–Kier alpha value is -2.08. The van der Waals surface area contributed by atoms with Crippen molar-refractivity contribution in [2.45, 2.75) is 37.6 Å². The van der Waals surface area contributed by atoms with Gasteiger partial charge in [0.2, 0.25) is 17.7 Å². The van der Waals surface area contributed by atoms with E-state index in [1.807, 2.05) is 18.2 Å². The molecule has 6 nitrogen and oxygen atoms in total. The largest absolute Gasteiger partial charge is 0.423 e. The summed E-state index contributed by atoms with van der Waals surface area (Å²) in [4.78, 5) is 16.0. The molecular formula is C18H21ClN4O2. The number of nitrogens with zero attached hydrogens (tertiary/aromatic N) is 4. The third kappa shape index (κ3) is 3.35. The van der Waals surface area contributed by atoms with E-state index in [-0.39, 0.29) is 11.8 Å². The molecule has 0 bridgehead atoms. The summed E-state index contributed by atoms with van der Waals surface area (Å²) in [7, 11) is 3.57. The highest BCUT2D eigenvalue weighted by molar-refractivity contribution is 6.30. The zero-order valence-corrected chi connectivity index (χ0v) is 15.2. The van der Waals surface area contributed by atoms with E-state index in [0.717, 1.165) is 36.5 Å². The van der Waals surface area contributed by atoms with Crippen molar-refractivity contribution in [2.75, 3.05) is 25.5 Å². The summed E-state index contributed by atoms with van der Waals surface area (Å²) in [6.07, 6.45) is 2.75. The summed E-state index contributed by atoms with van der Waals surface area (Å²) in [6, 6.07) is 5.86. The van der Waals surface area contributed by atoms with Gasteiger partial charge in [0.25, 0.3) is 0 Å². The van der Waals surface area contributed by atoms with Gasteiger partial charge in [-0.05, 0) is 36.6 Å². The zero-order chi connectivity index (χ0) is 17.6. The van der Waals surface area contributed by atoms with Crippen molar-refractivity contribution in [3.63, 3.8) is 0 Å². The van der Waals surface area contributed by atoms with Crippen LogP contribution in [0.2, 0.25) is 5.02 Å². The maximum Gasteiger partial charge on any atom is 0.235 e. The fourth-order valence-corrected chi connectivity index (χ4v) is 3.49. The summed E-state index contributed by atoms with van der Waals surface area (Å²) < 4.78 is 5.80. The Balaban J connectivity index is 1.55. The molecular weight excluding hydrogens is 340 g/mol. The second kappa shape index (κ2) is 6.33. The molecule has 2 aromatic rings. The molecule has 0 saturated heterocycles. The molecule has 2 aliphatic rings. The second-order valence-corrected chi connectivity index (χ2v) is 7.52. The fourth-order valence-electron chi connectivity index (χ4n) is 3.31. The lowest BCUT2D eigenvalue weighted by molar-refractivity contribution is -0.129. The van der Waals surface area contributed by atoms with Crippen LogP contribution in [0.25, 0.3) is 0 Å². The number of amides is 1. The van der Waals surface area contributed by atoms with Crippen LogP contribution in [0.5, 0.6) is 0 Å². The molecule has 0 N–H and O–H groups in total. The Bertz CT molecular complexity index is 800. The molecule has 1 amide bonds. The summed E-state index contributed by atoms with van der Waals surface area (Å²) >= 11 is 6.19. The van der Waals surface area contributed by atoms with Crippen LogP contribution in [-0.2, 0) is 11.3 Å². The first-order valence-corrected chi connectivity index (χ1v) is 8.96. The van der Waals surface area contributed by atoms with Gasteiger partial charge in [-0.1, -0.05) is 11.6 Å². The first kappa shape index (κ1) is 16.4. The van der Waals surface area contributed by atoms with Crippen molar-refractivity contribution in [3.05, 3.63) is 40.6 Å². The highest BCUT2D eigenvalue weighted by atomic mass is 35.5. The van der Waals surface area contributed by atoms with Crippen molar-refractivity contribution < 1.29 is 9.21 Å². The van der Waals surface area contributed by atoms with Gasteiger partial charge in [-0.25, -0.2) is 0 Å². The molecule has 7 heteroatoms. The highest BCUT2D eigenvalue weighted by Crippen LogP contribution is 2.41. The molecule has 4 rings (SSSR count). The van der Waals surface area contributed by atoms with Crippen molar-refractivity contribution in [1.29, 1.82) is 0 Å². The average molecular weight is 361 g/mol. The van der Waals surface area contributed by atoms with E-state index in [4.69, 9.17) is 16.0 Å². The molecule has 1 unspecified atom stereocenters. The smallest absolute Gasteiger partial charge is 0.235 e. The van der Waals surface area contributed by atoms with E-state index in [9.17, 15) is 4.79 Å². The Morgan fingerprint density at radius 2 is 2.16 bits per heavy atom. The first-order valence-electron chi connectivity index (χ1n) is 8.58. The molecule has 1 aromatic carbocycles. The van der Waals surface area contributed by atoms with Crippen molar-refractivity contribution in [3.8, 4) is 0 Å². The van der Waals surface area contributed by atoms with E-state index >= 15 is 0 Å². The second-order valence-electron chi connectivity index (χ2n) is 7.08. The van der Waals surface area contributed by atoms with Crippen LogP contribution in [0.1, 0.15) is 48.4 Å². The molecule has 1 aromatic heterocycles. The lowest BCUT2D eigenvalue weighted by Gasteiger charge is -2.18. The minimum atomic E-state index is 0.117. The first-order chi connectivity index (χ1) is 12.0. The number of hydrogen-bond donors (Lipinski definition) is 0. The third-order valence-corrected chi connectivity index (χ3v) is 5.10. The molecule has 132 valence electrons. The Morgan fingerprint density at radius 1 is 1.36 bits per heavy atom. The van der Waals surface area contributed by atoms with E-state index in [1.54, 1.807) is 19.0 Å². The standard InChI is InChI=1S/C18H21ClN4O2/c1-22(2)17(24)7-12-9-23(15-6-5-13(19)8-14(12)15)10-16-20-21-18(25-16)11-3-4-11/h5-6,8,11-12H,3-4,7,9-10H2,1-2H3. The van der Waals surface area contributed by atoms with E-state index in [0.29, 0.717) is 29.8 Å². The molecule has 1 atom stereocenters. The number of aromatic nitrogens is 2. The number of anilines is 1. The SMILES string of the molecule is CN(C)C(=O)CC1CN(Cc2nnc(C3CC3)o2)c2ccc(Cl)cc21. The maximum absolute atomic E-state index is 12.2. The van der Waals surface area contributed by atoms with Gasteiger partial charge in [-0.15, -0.1) is 10.2 Å². The topological polar surface area (TPSA) is 62.5 Å². The number of rotatable bonds is 5. The quantitative estimate of drug-likeness (QED) is 0.819. The van der Waals surface area contributed by atoms with Gasteiger partial charge in [0.1, 0.15) is 0 Å². The predicted molar refractivity (Wildman–Crippen MR) is 94.8 cm³/mol. The Labute approximate surface area is 151 Å². The summed E-state index contributed by atoms with van der Waals surface area (Å²) in [5, 5.41) is 9.03. The van der Waals surface area contributed by atoms with Gasteiger partial charge >= 0.3 is 0 Å². The number of hydrogen-bond acceptors (Lipinski definition) is 5. The number of carbonyl (C=O) groups is 1. The van der Waals surface area contributed by atoms with Crippen LogP contribution in [0.4, 0.5) is 5.69 Å². The molecule has 1 saturated carbocycles. The van der Waals surface area contributed by atoms with Crippen molar-refractivity contribution in [2.24, 2.45) is 0 Å². The average Bonchev–Trinajstić information content (AvgIpc) is 3.24. The highest BCUT2D eigenvalue weighted by Gasteiger charge is 2.33. The normalized spacial score (nSPS) is 19.2. The van der Waals surface area contributed by atoms with Crippen LogP contribution in [-0.4, -0.2) is 41.6 Å². The summed E-state index contributed by atoms with van der Waals surface area (Å²) in [5.41, 5.74) is 2.21. The van der Waals surface area contributed by atoms with Gasteiger partial charge in [0.15, 0.2) is 0 Å². The molecule has 2 heterocycles.